The van der Waals surface area contributed by atoms with E-state index in [9.17, 15) is 10.1 Å². The third kappa shape index (κ3) is 3.84. The maximum atomic E-state index is 12.6. The second-order valence-corrected chi connectivity index (χ2v) is 6.63. The molecule has 0 amide bonds. The fourth-order valence-electron chi connectivity index (χ4n) is 3.26. The molecule has 8 heteroatoms. The number of ether oxygens (including phenoxy) is 3. The third-order valence-electron chi connectivity index (χ3n) is 4.49. The Balaban J connectivity index is 2.20. The number of fused-ring (bicyclic) bond motifs is 1. The van der Waals surface area contributed by atoms with Crippen molar-refractivity contribution in [2.75, 3.05) is 13.2 Å². The molecule has 0 saturated carbocycles. The number of rotatable bonds is 5. The van der Waals surface area contributed by atoms with Gasteiger partial charge in [-0.15, -0.1) is 0 Å². The molecule has 1 aliphatic heterocycles. The van der Waals surface area contributed by atoms with Gasteiger partial charge in [0, 0.05) is 17.0 Å². The summed E-state index contributed by atoms with van der Waals surface area (Å²) in [4.78, 5) is 17.1. The minimum absolute atomic E-state index is 0.0765. The average molecular weight is 414 g/mol. The number of pyridine rings is 1. The number of hydrogen-bond acceptors (Lipinski definition) is 7. The van der Waals surface area contributed by atoms with E-state index in [0.29, 0.717) is 23.4 Å². The molecule has 0 fully saturated rings. The summed E-state index contributed by atoms with van der Waals surface area (Å²) in [6, 6.07) is 9.25. The Kier molecular flexibility index (Phi) is 5.95. The van der Waals surface area contributed by atoms with Crippen LogP contribution in [0.15, 0.2) is 47.1 Å². The topological polar surface area (TPSA) is 107 Å². The monoisotopic (exact) mass is 413 g/mol. The first-order valence-electron chi connectivity index (χ1n) is 9.09. The van der Waals surface area contributed by atoms with Crippen molar-refractivity contribution in [3.63, 3.8) is 0 Å². The van der Waals surface area contributed by atoms with Gasteiger partial charge in [0.2, 0.25) is 5.88 Å². The molecule has 0 bridgehead atoms. The summed E-state index contributed by atoms with van der Waals surface area (Å²) in [5, 5.41) is 10.6. The van der Waals surface area contributed by atoms with Crippen LogP contribution in [0.4, 0.5) is 0 Å². The molecule has 1 atom stereocenters. The number of hydrogen-bond donors (Lipinski definition) is 1. The number of aromatic nitrogens is 1. The number of benzene rings is 1. The quantitative estimate of drug-likeness (QED) is 0.584. The smallest absolute Gasteiger partial charge is 0.338 e. The van der Waals surface area contributed by atoms with Crippen LogP contribution in [0, 0.1) is 11.3 Å². The second kappa shape index (κ2) is 8.41. The Morgan fingerprint density at radius 3 is 2.76 bits per heavy atom. The first-order chi connectivity index (χ1) is 13.9. The Morgan fingerprint density at radius 2 is 2.10 bits per heavy atom. The standard InChI is InChI=1S/C21H20ClN3O4/c1-4-27-13-7-6-12-8-14(19(22)25-16(12)9-13)18-15(10-23)20(24)29-11(3)17(18)21(26)28-5-2/h6-9,18H,4-5,24H2,1-3H3. The lowest BCUT2D eigenvalue weighted by atomic mass is 9.83. The predicted octanol–water partition coefficient (Wildman–Crippen LogP) is 3.93. The Hall–Kier alpha value is -3.24. The number of nitrogens with two attached hydrogens (primary N) is 1. The largest absolute Gasteiger partial charge is 0.494 e. The fourth-order valence-corrected chi connectivity index (χ4v) is 3.52. The molecule has 0 spiro atoms. The molecule has 1 aromatic heterocycles. The van der Waals surface area contributed by atoms with Crippen LogP contribution >= 0.6 is 11.6 Å². The van der Waals surface area contributed by atoms with Crippen molar-refractivity contribution in [1.29, 1.82) is 5.26 Å². The summed E-state index contributed by atoms with van der Waals surface area (Å²) in [5.74, 6) is -0.590. The zero-order chi connectivity index (χ0) is 21.1. The van der Waals surface area contributed by atoms with E-state index < -0.39 is 11.9 Å². The van der Waals surface area contributed by atoms with Gasteiger partial charge in [-0.05, 0) is 39.0 Å². The highest BCUT2D eigenvalue weighted by Crippen LogP contribution is 2.42. The van der Waals surface area contributed by atoms with Crippen LogP contribution in [-0.4, -0.2) is 24.2 Å². The van der Waals surface area contributed by atoms with Crippen molar-refractivity contribution < 1.29 is 19.0 Å². The molecular formula is C21H20ClN3O4. The zero-order valence-electron chi connectivity index (χ0n) is 16.3. The Morgan fingerprint density at radius 1 is 1.34 bits per heavy atom. The SMILES string of the molecule is CCOC(=O)C1=C(C)OC(N)=C(C#N)C1c1cc2ccc(OCC)cc2nc1Cl. The van der Waals surface area contributed by atoms with Gasteiger partial charge < -0.3 is 19.9 Å². The molecule has 0 radical (unpaired) electrons. The van der Waals surface area contributed by atoms with Crippen LogP contribution in [0.5, 0.6) is 5.75 Å². The van der Waals surface area contributed by atoms with E-state index in [-0.39, 0.29) is 34.5 Å². The highest BCUT2D eigenvalue weighted by molar-refractivity contribution is 6.30. The molecule has 0 saturated heterocycles. The third-order valence-corrected chi connectivity index (χ3v) is 4.80. The van der Waals surface area contributed by atoms with Crippen molar-refractivity contribution in [2.24, 2.45) is 5.73 Å². The van der Waals surface area contributed by atoms with E-state index >= 15 is 0 Å². The second-order valence-electron chi connectivity index (χ2n) is 6.27. The number of nitriles is 1. The maximum absolute atomic E-state index is 12.6. The van der Waals surface area contributed by atoms with Gasteiger partial charge in [0.05, 0.1) is 30.2 Å². The van der Waals surface area contributed by atoms with E-state index in [0.717, 1.165) is 5.39 Å². The first kappa shape index (κ1) is 20.5. The molecule has 2 aromatic rings. The van der Waals surface area contributed by atoms with Crippen molar-refractivity contribution in [3.8, 4) is 11.8 Å². The Labute approximate surface area is 173 Å². The normalized spacial score (nSPS) is 16.4. The van der Waals surface area contributed by atoms with Gasteiger partial charge in [-0.3, -0.25) is 0 Å². The molecule has 0 aliphatic carbocycles. The predicted molar refractivity (Wildman–Crippen MR) is 108 cm³/mol. The van der Waals surface area contributed by atoms with Gasteiger partial charge in [0.25, 0.3) is 0 Å². The van der Waals surface area contributed by atoms with Crippen LogP contribution in [0.25, 0.3) is 10.9 Å². The number of esters is 1. The average Bonchev–Trinajstić information content (AvgIpc) is 2.67. The van der Waals surface area contributed by atoms with Crippen molar-refractivity contribution in [1.82, 2.24) is 4.98 Å². The molecule has 150 valence electrons. The molecule has 1 aliphatic rings. The fraction of sp³-hybridized carbons (Fsp3) is 0.286. The van der Waals surface area contributed by atoms with E-state index in [1.165, 1.54) is 0 Å². The molecule has 2 N–H and O–H groups in total. The minimum Gasteiger partial charge on any atom is -0.494 e. The van der Waals surface area contributed by atoms with E-state index in [4.69, 9.17) is 31.5 Å². The lowest BCUT2D eigenvalue weighted by Crippen LogP contribution is -2.25. The molecular weight excluding hydrogens is 394 g/mol. The summed E-state index contributed by atoms with van der Waals surface area (Å²) >= 11 is 6.49. The first-order valence-corrected chi connectivity index (χ1v) is 9.47. The van der Waals surface area contributed by atoms with E-state index in [1.54, 1.807) is 26.0 Å². The van der Waals surface area contributed by atoms with Crippen LogP contribution < -0.4 is 10.5 Å². The van der Waals surface area contributed by atoms with E-state index in [2.05, 4.69) is 4.98 Å². The van der Waals surface area contributed by atoms with Gasteiger partial charge in [-0.1, -0.05) is 11.6 Å². The molecule has 2 heterocycles. The maximum Gasteiger partial charge on any atom is 0.338 e. The number of halogens is 1. The van der Waals surface area contributed by atoms with Gasteiger partial charge in [-0.2, -0.15) is 5.26 Å². The number of nitrogens with zero attached hydrogens (tertiary/aromatic N) is 2. The van der Waals surface area contributed by atoms with Crippen LogP contribution in [0.1, 0.15) is 32.3 Å². The molecule has 29 heavy (non-hydrogen) atoms. The lowest BCUT2D eigenvalue weighted by Gasteiger charge is -2.27. The van der Waals surface area contributed by atoms with Gasteiger partial charge in [0.15, 0.2) is 0 Å². The van der Waals surface area contributed by atoms with Crippen LogP contribution in [0.3, 0.4) is 0 Å². The summed E-state index contributed by atoms with van der Waals surface area (Å²) < 4.78 is 16.1. The summed E-state index contributed by atoms with van der Waals surface area (Å²) in [5.41, 5.74) is 7.27. The summed E-state index contributed by atoms with van der Waals surface area (Å²) in [6.45, 7) is 5.89. The summed E-state index contributed by atoms with van der Waals surface area (Å²) in [7, 11) is 0. The lowest BCUT2D eigenvalue weighted by molar-refractivity contribution is -0.139. The minimum atomic E-state index is -0.844. The van der Waals surface area contributed by atoms with Gasteiger partial charge in [-0.25, -0.2) is 9.78 Å². The van der Waals surface area contributed by atoms with Gasteiger partial charge >= 0.3 is 5.97 Å². The number of allylic oxidation sites excluding steroid dienone is 2. The Bertz CT molecular complexity index is 1090. The number of carbonyl (C=O) groups excluding carboxylic acids is 1. The van der Waals surface area contributed by atoms with Crippen molar-refractivity contribution >= 4 is 28.5 Å². The highest BCUT2D eigenvalue weighted by Gasteiger charge is 2.37. The molecule has 1 unspecified atom stereocenters. The van der Waals surface area contributed by atoms with Crippen molar-refractivity contribution in [2.45, 2.75) is 26.7 Å². The van der Waals surface area contributed by atoms with Crippen molar-refractivity contribution in [3.05, 3.63) is 57.8 Å². The number of carbonyl (C=O) groups is 1. The summed E-state index contributed by atoms with van der Waals surface area (Å²) in [6.07, 6.45) is 0. The zero-order valence-corrected chi connectivity index (χ0v) is 17.0. The molecule has 3 rings (SSSR count). The van der Waals surface area contributed by atoms with Crippen LogP contribution in [0.2, 0.25) is 5.15 Å². The van der Waals surface area contributed by atoms with E-state index in [1.807, 2.05) is 25.1 Å². The van der Waals surface area contributed by atoms with Gasteiger partial charge in [0.1, 0.15) is 28.3 Å². The molecule has 7 nitrogen and oxygen atoms in total. The molecule has 1 aromatic carbocycles. The van der Waals surface area contributed by atoms with Crippen LogP contribution in [-0.2, 0) is 14.3 Å². The highest BCUT2D eigenvalue weighted by atomic mass is 35.5.